The number of hydrogen-bond donors (Lipinski definition) is 1. The van der Waals surface area contributed by atoms with Crippen molar-refractivity contribution in [2.75, 3.05) is 35.3 Å². The molecule has 1 aliphatic rings. The molecule has 4 rings (SSSR count). The van der Waals surface area contributed by atoms with Crippen LogP contribution in [0.4, 0.5) is 21.6 Å². The van der Waals surface area contributed by atoms with Gasteiger partial charge in [0.1, 0.15) is 11.6 Å². The minimum Gasteiger partial charge on any atom is -0.372 e. The lowest BCUT2D eigenvalue weighted by molar-refractivity contribution is 0.622. The molecule has 6 nitrogen and oxygen atoms in total. The highest BCUT2D eigenvalue weighted by molar-refractivity contribution is 5.76. The lowest BCUT2D eigenvalue weighted by Crippen LogP contribution is -2.33. The van der Waals surface area contributed by atoms with Crippen LogP contribution in [-0.4, -0.2) is 30.1 Å². The van der Waals surface area contributed by atoms with Crippen LogP contribution >= 0.6 is 0 Å². The highest BCUT2D eigenvalue weighted by Crippen LogP contribution is 2.34. The number of halogens is 1. The number of rotatable bonds is 4. The topological polar surface area (TPSA) is 68.1 Å². The second kappa shape index (κ2) is 8.84. The first-order valence-electron chi connectivity index (χ1n) is 10.1. The zero-order chi connectivity index (χ0) is 21.8. The van der Waals surface area contributed by atoms with Gasteiger partial charge in [-0.1, -0.05) is 24.8 Å². The molecule has 0 bridgehead atoms. The summed E-state index contributed by atoms with van der Waals surface area (Å²) in [5, 5.41) is 12.7. The molecule has 1 aliphatic heterocycles. The summed E-state index contributed by atoms with van der Waals surface area (Å²) >= 11 is 0. The van der Waals surface area contributed by atoms with E-state index >= 15 is 0 Å². The first-order chi connectivity index (χ1) is 15.1. The van der Waals surface area contributed by atoms with Crippen molar-refractivity contribution in [1.29, 1.82) is 5.26 Å². The maximum Gasteiger partial charge on any atom is 0.158 e. The third-order valence-corrected chi connectivity index (χ3v) is 5.29. The Morgan fingerprint density at radius 1 is 1.16 bits per heavy atom. The van der Waals surface area contributed by atoms with Gasteiger partial charge in [-0.2, -0.15) is 5.26 Å². The Morgan fingerprint density at radius 2 is 1.97 bits per heavy atom. The van der Waals surface area contributed by atoms with Crippen molar-refractivity contribution in [2.24, 2.45) is 0 Å². The van der Waals surface area contributed by atoms with Crippen molar-refractivity contribution < 1.29 is 4.39 Å². The van der Waals surface area contributed by atoms with E-state index in [0.717, 1.165) is 48.3 Å². The van der Waals surface area contributed by atoms with Gasteiger partial charge in [-0.15, -0.1) is 0 Å². The predicted molar refractivity (Wildman–Crippen MR) is 121 cm³/mol. The maximum absolute atomic E-state index is 13.6. The lowest BCUT2D eigenvalue weighted by atomic mass is 10.0. The monoisotopic (exact) mass is 414 g/mol. The summed E-state index contributed by atoms with van der Waals surface area (Å²) in [6.07, 6.45) is 4.69. The molecule has 0 spiro atoms. The highest BCUT2D eigenvalue weighted by Gasteiger charge is 2.22. The molecule has 3 heterocycles. The van der Waals surface area contributed by atoms with Crippen molar-refractivity contribution in [2.45, 2.75) is 12.8 Å². The highest BCUT2D eigenvalue weighted by atomic mass is 19.1. The third kappa shape index (κ3) is 4.33. The molecule has 0 amide bonds. The van der Waals surface area contributed by atoms with Gasteiger partial charge in [-0.05, 0) is 31.0 Å². The Bertz CT molecular complexity index is 1150. The quantitative estimate of drug-likeness (QED) is 0.663. The summed E-state index contributed by atoms with van der Waals surface area (Å²) in [5.74, 6) is 0.913. The zero-order valence-electron chi connectivity index (χ0n) is 17.3. The number of aromatic nitrogens is 2. The summed E-state index contributed by atoms with van der Waals surface area (Å²) in [4.78, 5) is 13.0. The van der Waals surface area contributed by atoms with E-state index in [1.807, 2.05) is 42.3 Å². The Morgan fingerprint density at radius 3 is 2.77 bits per heavy atom. The average molecular weight is 414 g/mol. The van der Waals surface area contributed by atoms with Crippen molar-refractivity contribution >= 4 is 17.2 Å². The standard InChI is InChI=1S/C24H23FN6/c1-17(28-20-13-19(25)15-27-16-20)31-12-6-5-11-30(2)23-10-9-22(29-24(23)31)21-8-4-3-7-18(21)14-26/h3-4,7-10,13,15-16,28H,1,5-6,11-12H2,2H3. The molecular formula is C24H23FN6. The van der Waals surface area contributed by atoms with Crippen LogP contribution in [0, 0.1) is 17.1 Å². The van der Waals surface area contributed by atoms with E-state index in [2.05, 4.69) is 27.8 Å². The van der Waals surface area contributed by atoms with E-state index in [1.54, 1.807) is 12.3 Å². The van der Waals surface area contributed by atoms with E-state index < -0.39 is 5.82 Å². The average Bonchev–Trinajstić information content (AvgIpc) is 2.77. The summed E-state index contributed by atoms with van der Waals surface area (Å²) in [5.41, 5.74) is 3.56. The predicted octanol–water partition coefficient (Wildman–Crippen LogP) is 4.77. The molecule has 1 aromatic carbocycles. The van der Waals surface area contributed by atoms with Crippen molar-refractivity contribution in [3.8, 4) is 17.3 Å². The number of anilines is 3. The van der Waals surface area contributed by atoms with Gasteiger partial charge in [0.25, 0.3) is 0 Å². The number of hydrogen-bond acceptors (Lipinski definition) is 6. The molecule has 7 heteroatoms. The molecule has 0 saturated heterocycles. The van der Waals surface area contributed by atoms with Crippen LogP contribution < -0.4 is 15.1 Å². The van der Waals surface area contributed by atoms with Crippen molar-refractivity contribution in [1.82, 2.24) is 9.97 Å². The van der Waals surface area contributed by atoms with Crippen molar-refractivity contribution in [3.63, 3.8) is 0 Å². The van der Waals surface area contributed by atoms with Gasteiger partial charge < -0.3 is 15.1 Å². The number of fused-ring (bicyclic) bond motifs is 1. The summed E-state index contributed by atoms with van der Waals surface area (Å²) in [7, 11) is 2.04. The Hall–Kier alpha value is -3.92. The van der Waals surface area contributed by atoms with Crippen LogP contribution in [0.5, 0.6) is 0 Å². The number of nitrogens with zero attached hydrogens (tertiary/aromatic N) is 5. The lowest BCUT2D eigenvalue weighted by Gasteiger charge is -2.34. The minimum absolute atomic E-state index is 0.417. The van der Waals surface area contributed by atoms with Crippen LogP contribution in [0.1, 0.15) is 18.4 Å². The van der Waals surface area contributed by atoms with Crippen LogP contribution in [0.3, 0.4) is 0 Å². The number of benzene rings is 1. The number of nitrogens with one attached hydrogen (secondary N) is 1. The van der Waals surface area contributed by atoms with Crippen LogP contribution in [0.25, 0.3) is 11.3 Å². The van der Waals surface area contributed by atoms with Gasteiger partial charge in [0, 0.05) is 31.8 Å². The molecule has 0 radical (unpaired) electrons. The fraction of sp³-hybridized carbons (Fsp3) is 0.208. The molecule has 1 N–H and O–H groups in total. The van der Waals surface area contributed by atoms with Gasteiger partial charge in [0.2, 0.25) is 0 Å². The van der Waals surface area contributed by atoms with Crippen molar-refractivity contribution in [3.05, 3.63) is 78.6 Å². The summed E-state index contributed by atoms with van der Waals surface area (Å²) in [6.45, 7) is 5.82. The van der Waals surface area contributed by atoms with E-state index in [1.165, 1.54) is 6.07 Å². The van der Waals surface area contributed by atoms with E-state index in [0.29, 0.717) is 23.6 Å². The normalized spacial score (nSPS) is 13.6. The smallest absolute Gasteiger partial charge is 0.158 e. The van der Waals surface area contributed by atoms with E-state index in [9.17, 15) is 9.65 Å². The fourth-order valence-corrected chi connectivity index (χ4v) is 3.71. The third-order valence-electron chi connectivity index (χ3n) is 5.29. The van der Waals surface area contributed by atoms with Crippen LogP contribution in [-0.2, 0) is 0 Å². The molecule has 0 atom stereocenters. The zero-order valence-corrected chi connectivity index (χ0v) is 17.3. The van der Waals surface area contributed by atoms with Gasteiger partial charge >= 0.3 is 0 Å². The largest absolute Gasteiger partial charge is 0.372 e. The van der Waals surface area contributed by atoms with E-state index in [-0.39, 0.29) is 0 Å². The molecule has 31 heavy (non-hydrogen) atoms. The fourth-order valence-electron chi connectivity index (χ4n) is 3.71. The second-order valence-corrected chi connectivity index (χ2v) is 7.44. The second-order valence-electron chi connectivity index (χ2n) is 7.44. The first-order valence-corrected chi connectivity index (χ1v) is 10.1. The van der Waals surface area contributed by atoms with Crippen LogP contribution in [0.2, 0.25) is 0 Å². The van der Waals surface area contributed by atoms with Gasteiger partial charge in [-0.25, -0.2) is 9.37 Å². The molecule has 2 aromatic heterocycles. The molecule has 0 fully saturated rings. The Kier molecular flexibility index (Phi) is 5.80. The molecular weight excluding hydrogens is 391 g/mol. The van der Waals surface area contributed by atoms with Gasteiger partial charge in [0.05, 0.1) is 41.1 Å². The Labute approximate surface area is 181 Å². The summed E-state index contributed by atoms with van der Waals surface area (Å²) < 4.78 is 13.6. The first kappa shape index (κ1) is 20.4. The van der Waals surface area contributed by atoms with Gasteiger partial charge in [0.15, 0.2) is 5.82 Å². The summed E-state index contributed by atoms with van der Waals surface area (Å²) in [6, 6.07) is 15.0. The number of nitriles is 1. The molecule has 0 aliphatic carbocycles. The molecule has 3 aromatic rings. The number of pyridine rings is 2. The van der Waals surface area contributed by atoms with Gasteiger partial charge in [-0.3, -0.25) is 4.98 Å². The SMILES string of the molecule is C=C(Nc1cncc(F)c1)N1CCCCN(C)c2ccc(-c3ccccc3C#N)nc21. The minimum atomic E-state index is -0.417. The molecule has 156 valence electrons. The maximum atomic E-state index is 13.6. The Balaban J connectivity index is 1.76. The van der Waals surface area contributed by atoms with Crippen LogP contribution in [0.15, 0.2) is 67.3 Å². The van der Waals surface area contributed by atoms with E-state index in [4.69, 9.17) is 4.98 Å². The molecule has 0 unspecified atom stereocenters. The molecule has 0 saturated carbocycles.